The Balaban J connectivity index is 1.61. The zero-order valence-electron chi connectivity index (χ0n) is 23.1. The molecule has 1 heterocycles. The number of hydrogen-bond acceptors (Lipinski definition) is 6. The molecule has 1 atom stereocenters. The van der Waals surface area contributed by atoms with Gasteiger partial charge in [0.2, 0.25) is 11.8 Å². The van der Waals surface area contributed by atoms with Crippen LogP contribution >= 0.6 is 0 Å². The molecule has 2 rings (SSSR count). The van der Waals surface area contributed by atoms with Crippen molar-refractivity contribution in [3.8, 4) is 0 Å². The summed E-state index contributed by atoms with van der Waals surface area (Å²) in [4.78, 5) is 51.0. The fourth-order valence-corrected chi connectivity index (χ4v) is 4.56. The fraction of sp³-hybridized carbons (Fsp3) is 0.667. The number of nitrogens with one attached hydrogen (secondary N) is 1. The van der Waals surface area contributed by atoms with Crippen molar-refractivity contribution in [1.82, 2.24) is 10.2 Å². The SMILES string of the molecule is CCCCCCCCCCCCOC(=O)CC1C(=O)NCCN1C(=O)CCC(=O)OCCc1ccccc1. The van der Waals surface area contributed by atoms with E-state index >= 15 is 0 Å². The van der Waals surface area contributed by atoms with Crippen molar-refractivity contribution in [3.05, 3.63) is 35.9 Å². The predicted octanol–water partition coefficient (Wildman–Crippen LogP) is 4.73. The minimum Gasteiger partial charge on any atom is -0.466 e. The molecular formula is C30H46N2O6. The van der Waals surface area contributed by atoms with Crippen molar-refractivity contribution in [3.63, 3.8) is 0 Å². The molecule has 2 amide bonds. The second-order valence-corrected chi connectivity index (χ2v) is 9.96. The van der Waals surface area contributed by atoms with E-state index in [0.29, 0.717) is 26.1 Å². The zero-order valence-corrected chi connectivity index (χ0v) is 23.1. The standard InChI is InChI=1S/C30H46N2O6/c1-2-3-4-5-6-7-8-9-10-14-22-37-29(35)24-26-30(36)31-20-21-32(26)27(33)17-18-28(34)38-23-19-25-15-12-11-13-16-25/h11-13,15-16,26H,2-10,14,17-24H2,1H3,(H,31,36). The summed E-state index contributed by atoms with van der Waals surface area (Å²) in [6.07, 6.45) is 12.2. The molecule has 38 heavy (non-hydrogen) atoms. The lowest BCUT2D eigenvalue weighted by molar-refractivity contribution is -0.153. The second-order valence-electron chi connectivity index (χ2n) is 9.96. The van der Waals surface area contributed by atoms with Gasteiger partial charge in [0, 0.05) is 25.9 Å². The van der Waals surface area contributed by atoms with Gasteiger partial charge in [-0.2, -0.15) is 0 Å². The molecule has 212 valence electrons. The number of benzene rings is 1. The van der Waals surface area contributed by atoms with E-state index in [1.54, 1.807) is 0 Å². The van der Waals surface area contributed by atoms with Crippen molar-refractivity contribution in [1.29, 1.82) is 0 Å². The lowest BCUT2D eigenvalue weighted by Crippen LogP contribution is -2.57. The van der Waals surface area contributed by atoms with Crippen LogP contribution in [0.5, 0.6) is 0 Å². The van der Waals surface area contributed by atoms with Gasteiger partial charge in [0.05, 0.1) is 26.1 Å². The highest BCUT2D eigenvalue weighted by atomic mass is 16.5. The summed E-state index contributed by atoms with van der Waals surface area (Å²) < 4.78 is 10.6. The van der Waals surface area contributed by atoms with E-state index < -0.39 is 18.0 Å². The van der Waals surface area contributed by atoms with Gasteiger partial charge in [-0.1, -0.05) is 95.0 Å². The number of esters is 2. The normalized spacial score (nSPS) is 15.1. The highest BCUT2D eigenvalue weighted by Gasteiger charge is 2.35. The molecule has 0 spiro atoms. The maximum Gasteiger partial charge on any atom is 0.308 e. The monoisotopic (exact) mass is 530 g/mol. The molecule has 8 nitrogen and oxygen atoms in total. The van der Waals surface area contributed by atoms with Gasteiger partial charge in [0.25, 0.3) is 0 Å². The second kappa shape index (κ2) is 19.2. The third kappa shape index (κ3) is 13.1. The van der Waals surface area contributed by atoms with Crippen LogP contribution in [0, 0.1) is 0 Å². The summed E-state index contributed by atoms with van der Waals surface area (Å²) in [5, 5.41) is 2.71. The average molecular weight is 531 g/mol. The summed E-state index contributed by atoms with van der Waals surface area (Å²) in [5.74, 6) is -1.65. The Morgan fingerprint density at radius 1 is 0.842 bits per heavy atom. The molecule has 1 aliphatic rings. The van der Waals surface area contributed by atoms with Crippen molar-refractivity contribution >= 4 is 23.8 Å². The molecule has 1 aromatic carbocycles. The van der Waals surface area contributed by atoms with Crippen LogP contribution in [0.15, 0.2) is 30.3 Å². The highest BCUT2D eigenvalue weighted by Crippen LogP contribution is 2.14. The first-order valence-electron chi connectivity index (χ1n) is 14.4. The molecular weight excluding hydrogens is 484 g/mol. The highest BCUT2D eigenvalue weighted by molar-refractivity contribution is 5.92. The van der Waals surface area contributed by atoms with Gasteiger partial charge in [-0.3, -0.25) is 19.2 Å². The number of amides is 2. The molecule has 1 saturated heterocycles. The minimum atomic E-state index is -0.912. The van der Waals surface area contributed by atoms with Gasteiger partial charge in [-0.25, -0.2) is 0 Å². The van der Waals surface area contributed by atoms with E-state index in [0.717, 1.165) is 24.8 Å². The number of carbonyl (C=O) groups excluding carboxylic acids is 4. The van der Waals surface area contributed by atoms with Crippen molar-refractivity contribution in [2.24, 2.45) is 0 Å². The fourth-order valence-electron chi connectivity index (χ4n) is 4.56. The van der Waals surface area contributed by atoms with Gasteiger partial charge in [0.1, 0.15) is 6.04 Å². The van der Waals surface area contributed by atoms with E-state index in [1.165, 1.54) is 49.8 Å². The first kappa shape index (κ1) is 31.3. The lowest BCUT2D eigenvalue weighted by Gasteiger charge is -2.34. The van der Waals surface area contributed by atoms with Crippen LogP contribution in [0.2, 0.25) is 0 Å². The molecule has 0 aromatic heterocycles. The van der Waals surface area contributed by atoms with Crippen LogP contribution in [0.1, 0.15) is 96.0 Å². The molecule has 0 bridgehead atoms. The molecule has 0 saturated carbocycles. The molecule has 1 N–H and O–H groups in total. The lowest BCUT2D eigenvalue weighted by atomic mass is 10.1. The third-order valence-electron chi connectivity index (χ3n) is 6.81. The Bertz CT molecular complexity index is 844. The summed E-state index contributed by atoms with van der Waals surface area (Å²) in [7, 11) is 0. The predicted molar refractivity (Wildman–Crippen MR) is 146 cm³/mol. The first-order valence-corrected chi connectivity index (χ1v) is 14.4. The molecule has 1 unspecified atom stereocenters. The van der Waals surface area contributed by atoms with Gasteiger partial charge in [0.15, 0.2) is 0 Å². The summed E-state index contributed by atoms with van der Waals surface area (Å²) in [5.41, 5.74) is 1.07. The summed E-state index contributed by atoms with van der Waals surface area (Å²) >= 11 is 0. The van der Waals surface area contributed by atoms with E-state index in [9.17, 15) is 19.2 Å². The molecule has 0 aliphatic carbocycles. The van der Waals surface area contributed by atoms with Gasteiger partial charge >= 0.3 is 11.9 Å². The van der Waals surface area contributed by atoms with Crippen LogP contribution in [0.25, 0.3) is 0 Å². The van der Waals surface area contributed by atoms with Gasteiger partial charge < -0.3 is 19.7 Å². The third-order valence-corrected chi connectivity index (χ3v) is 6.81. The van der Waals surface area contributed by atoms with Gasteiger partial charge in [-0.15, -0.1) is 0 Å². The molecule has 1 aromatic rings. The first-order chi connectivity index (χ1) is 18.5. The van der Waals surface area contributed by atoms with Crippen molar-refractivity contribution in [2.45, 2.75) is 103 Å². The Kier molecular flexibility index (Phi) is 15.8. The number of piperazine rings is 1. The number of carbonyl (C=O) groups is 4. The van der Waals surface area contributed by atoms with E-state index in [1.807, 2.05) is 30.3 Å². The quantitative estimate of drug-likeness (QED) is 0.205. The maximum atomic E-state index is 12.8. The summed E-state index contributed by atoms with van der Waals surface area (Å²) in [6.45, 7) is 3.41. The van der Waals surface area contributed by atoms with Crippen molar-refractivity contribution in [2.75, 3.05) is 26.3 Å². The van der Waals surface area contributed by atoms with Crippen molar-refractivity contribution < 1.29 is 28.7 Å². The van der Waals surface area contributed by atoms with E-state index in [-0.39, 0.29) is 37.7 Å². The smallest absolute Gasteiger partial charge is 0.308 e. The van der Waals surface area contributed by atoms with Crippen LogP contribution in [-0.4, -0.2) is 61.0 Å². The average Bonchev–Trinajstić information content (AvgIpc) is 2.92. The molecule has 1 fully saturated rings. The molecule has 0 radical (unpaired) electrons. The van der Waals surface area contributed by atoms with Crippen LogP contribution in [-0.2, 0) is 35.1 Å². The Morgan fingerprint density at radius 2 is 1.47 bits per heavy atom. The van der Waals surface area contributed by atoms with E-state index in [2.05, 4.69) is 12.2 Å². The van der Waals surface area contributed by atoms with Gasteiger partial charge in [-0.05, 0) is 12.0 Å². The number of unbranched alkanes of at least 4 members (excludes halogenated alkanes) is 9. The number of hydrogen-bond donors (Lipinski definition) is 1. The van der Waals surface area contributed by atoms with Crippen LogP contribution in [0.4, 0.5) is 0 Å². The number of ether oxygens (including phenoxy) is 2. The van der Waals surface area contributed by atoms with Crippen LogP contribution < -0.4 is 5.32 Å². The topological polar surface area (TPSA) is 102 Å². The molecule has 1 aliphatic heterocycles. The number of rotatable bonds is 19. The Morgan fingerprint density at radius 3 is 2.16 bits per heavy atom. The van der Waals surface area contributed by atoms with Crippen LogP contribution in [0.3, 0.4) is 0 Å². The number of nitrogens with zero attached hydrogens (tertiary/aromatic N) is 1. The minimum absolute atomic E-state index is 0.0678. The summed E-state index contributed by atoms with van der Waals surface area (Å²) in [6, 6.07) is 8.78. The largest absolute Gasteiger partial charge is 0.466 e. The Labute approximate surface area is 227 Å². The maximum absolute atomic E-state index is 12.8. The molecule has 8 heteroatoms. The Hall–Kier alpha value is -2.90. The zero-order chi connectivity index (χ0) is 27.4. The van der Waals surface area contributed by atoms with E-state index in [4.69, 9.17) is 9.47 Å².